The summed E-state index contributed by atoms with van der Waals surface area (Å²) in [6.07, 6.45) is 21.4. The van der Waals surface area contributed by atoms with E-state index in [1.165, 1.54) is 88.8 Å². The lowest BCUT2D eigenvalue weighted by atomic mass is 9.36. The number of allylic oxidation sites excluding steroid dienone is 2. The number of benzene rings is 2. The van der Waals surface area contributed by atoms with Crippen LogP contribution in [0.1, 0.15) is 134 Å². The van der Waals surface area contributed by atoms with Crippen molar-refractivity contribution < 1.29 is 0 Å². The van der Waals surface area contributed by atoms with Crippen LogP contribution in [0.3, 0.4) is 0 Å². The fourth-order valence-corrected chi connectivity index (χ4v) is 13.5. The molecule has 5 N–H and O–H groups in total. The van der Waals surface area contributed by atoms with E-state index in [4.69, 9.17) is 10.7 Å². The standard InChI is InChI=1S/C28H46.C20H22N4.C3H6.CH5N/c1-7-28-15-8-9-22(28)20-10-11-24-26(5,21(20)13-18-28)17-14-23-25(3,4)19(2)12-16-27(23,24)6;1-14(21)17-8-6-15(7-9-17)11-19-13-23-20(24-19)18-5-3-4-16(10-18)12-22-2;1-3-2;1-2/h7,19-24H,1,8-18H2,2-6H3;3-10,22H,1,11-13,21H2,2H3;3H,1H2,2H3;2H2,1H3. The molecule has 1 aliphatic heterocycles. The Morgan fingerprint density at radius 3 is 2.21 bits per heavy atom. The fourth-order valence-electron chi connectivity index (χ4n) is 13.5. The lowest BCUT2D eigenvalue weighted by molar-refractivity contribution is -0.201. The summed E-state index contributed by atoms with van der Waals surface area (Å²) in [5.41, 5.74) is 18.6. The summed E-state index contributed by atoms with van der Waals surface area (Å²) in [7, 11) is 3.45. The number of hydrogen-bond donors (Lipinski definition) is 3. The van der Waals surface area contributed by atoms with E-state index in [0.717, 1.165) is 71.1 Å². The molecule has 8 rings (SSSR count). The Balaban J connectivity index is 0.000000198. The molecule has 57 heavy (non-hydrogen) atoms. The van der Waals surface area contributed by atoms with Crippen molar-refractivity contribution >= 4 is 17.2 Å². The number of fused-ring (bicyclic) bond motifs is 7. The molecule has 1 heterocycles. The van der Waals surface area contributed by atoms with Crippen molar-refractivity contribution in [2.75, 3.05) is 20.6 Å². The molecule has 5 nitrogen and oxygen atoms in total. The molecule has 5 fully saturated rings. The SMILES string of the molecule is C=C(N)c1ccc(CC2=NC(c3cccc(CNC)c3)=NC2)cc1.C=CC.C=CC12CCCC1C1CCC3C(C)(CCC4C(C)(C)C(C)CCC43C)C1CC2.CN. The number of nitrogens with zero attached hydrogens (tertiary/aromatic N) is 2. The van der Waals surface area contributed by atoms with Crippen LogP contribution in [0, 0.1) is 57.2 Å². The summed E-state index contributed by atoms with van der Waals surface area (Å²) < 4.78 is 0. The van der Waals surface area contributed by atoms with Crippen LogP contribution in [0.25, 0.3) is 5.70 Å². The minimum Gasteiger partial charge on any atom is -0.399 e. The second-order valence-corrected chi connectivity index (χ2v) is 19.6. The first-order valence-corrected chi connectivity index (χ1v) is 22.4. The van der Waals surface area contributed by atoms with Crippen LogP contribution < -0.4 is 16.8 Å². The molecule has 0 amide bonds. The average Bonchev–Trinajstić information content (AvgIpc) is 3.86. The molecule has 5 saturated carbocycles. The zero-order valence-electron chi connectivity index (χ0n) is 37.3. The predicted octanol–water partition coefficient (Wildman–Crippen LogP) is 11.8. The van der Waals surface area contributed by atoms with Crippen molar-refractivity contribution in [3.8, 4) is 0 Å². The van der Waals surface area contributed by atoms with Gasteiger partial charge in [-0.2, -0.15) is 0 Å². The van der Waals surface area contributed by atoms with Gasteiger partial charge < -0.3 is 16.8 Å². The Kier molecular flexibility index (Phi) is 14.7. The van der Waals surface area contributed by atoms with E-state index in [2.05, 4.69) is 113 Å². The van der Waals surface area contributed by atoms with Crippen LogP contribution in [-0.4, -0.2) is 32.2 Å². The molecule has 9 unspecified atom stereocenters. The van der Waals surface area contributed by atoms with E-state index in [0.29, 0.717) is 33.9 Å². The minimum absolute atomic E-state index is 0.522. The summed E-state index contributed by atoms with van der Waals surface area (Å²) in [6.45, 7) is 28.2. The largest absolute Gasteiger partial charge is 0.399 e. The Morgan fingerprint density at radius 1 is 0.842 bits per heavy atom. The van der Waals surface area contributed by atoms with Gasteiger partial charge in [0.2, 0.25) is 0 Å². The summed E-state index contributed by atoms with van der Waals surface area (Å²) >= 11 is 0. The third-order valence-corrected chi connectivity index (χ3v) is 16.5. The second-order valence-electron chi connectivity index (χ2n) is 19.6. The molecule has 0 aromatic heterocycles. The van der Waals surface area contributed by atoms with E-state index in [1.807, 2.05) is 26.1 Å². The zero-order valence-corrected chi connectivity index (χ0v) is 37.3. The van der Waals surface area contributed by atoms with E-state index < -0.39 is 0 Å². The van der Waals surface area contributed by atoms with Crippen LogP contribution in [0.4, 0.5) is 0 Å². The van der Waals surface area contributed by atoms with Gasteiger partial charge in [-0.3, -0.25) is 4.99 Å². The van der Waals surface area contributed by atoms with E-state index >= 15 is 0 Å². The molecule has 9 atom stereocenters. The zero-order chi connectivity index (χ0) is 41.6. The third kappa shape index (κ3) is 8.86. The topological polar surface area (TPSA) is 88.8 Å². The number of rotatable bonds is 7. The highest BCUT2D eigenvalue weighted by atomic mass is 15.0. The van der Waals surface area contributed by atoms with Crippen molar-refractivity contribution in [2.45, 2.75) is 125 Å². The first-order chi connectivity index (χ1) is 27.3. The highest BCUT2D eigenvalue weighted by molar-refractivity contribution is 6.12. The normalized spacial score (nSPS) is 34.3. The highest BCUT2D eigenvalue weighted by Crippen LogP contribution is 2.73. The molecule has 0 bridgehead atoms. The molecular weight excluding hydrogens is 695 g/mol. The number of hydrogen-bond acceptors (Lipinski definition) is 5. The van der Waals surface area contributed by atoms with Gasteiger partial charge in [0.1, 0.15) is 0 Å². The Bertz CT molecular complexity index is 1750. The van der Waals surface area contributed by atoms with E-state index in [-0.39, 0.29) is 0 Å². The highest BCUT2D eigenvalue weighted by Gasteiger charge is 2.65. The molecule has 6 aliphatic rings. The molecule has 0 spiro atoms. The van der Waals surface area contributed by atoms with Gasteiger partial charge in [-0.05, 0) is 165 Å². The van der Waals surface area contributed by atoms with Crippen LogP contribution >= 0.6 is 0 Å². The summed E-state index contributed by atoms with van der Waals surface area (Å²) in [5, 5.41) is 3.16. The van der Waals surface area contributed by atoms with Crippen molar-refractivity contribution in [3.63, 3.8) is 0 Å². The Morgan fingerprint density at radius 2 is 1.54 bits per heavy atom. The van der Waals surface area contributed by atoms with Crippen molar-refractivity contribution in [1.29, 1.82) is 0 Å². The summed E-state index contributed by atoms with van der Waals surface area (Å²) in [6, 6.07) is 16.5. The van der Waals surface area contributed by atoms with Gasteiger partial charge in [0.05, 0.1) is 6.54 Å². The van der Waals surface area contributed by atoms with Crippen molar-refractivity contribution in [3.05, 3.63) is 103 Å². The Hall–Kier alpha value is -3.28. The number of amidine groups is 1. The maximum atomic E-state index is 5.70. The number of nitrogens with one attached hydrogen (secondary N) is 1. The lowest BCUT2D eigenvalue weighted by Gasteiger charge is -2.69. The van der Waals surface area contributed by atoms with Gasteiger partial charge in [-0.25, -0.2) is 4.99 Å². The van der Waals surface area contributed by atoms with Crippen LogP contribution in [0.2, 0.25) is 0 Å². The first-order valence-electron chi connectivity index (χ1n) is 22.4. The van der Waals surface area contributed by atoms with Gasteiger partial charge in [0, 0.05) is 29.9 Å². The second kappa shape index (κ2) is 18.8. The monoisotopic (exact) mass is 774 g/mol. The van der Waals surface area contributed by atoms with Crippen molar-refractivity contribution in [2.24, 2.45) is 78.6 Å². The molecule has 312 valence electrons. The van der Waals surface area contributed by atoms with E-state index in [9.17, 15) is 0 Å². The quantitative estimate of drug-likeness (QED) is 0.245. The van der Waals surface area contributed by atoms with Crippen LogP contribution in [0.5, 0.6) is 0 Å². The predicted molar refractivity (Wildman–Crippen MR) is 247 cm³/mol. The average molecular weight is 774 g/mol. The number of aliphatic imine (C=N–C) groups is 2. The van der Waals surface area contributed by atoms with Gasteiger partial charge in [-0.15, -0.1) is 13.2 Å². The van der Waals surface area contributed by atoms with Gasteiger partial charge in [0.25, 0.3) is 0 Å². The smallest absolute Gasteiger partial charge is 0.154 e. The van der Waals surface area contributed by atoms with E-state index in [1.54, 1.807) is 6.08 Å². The molecule has 2 aromatic carbocycles. The minimum atomic E-state index is 0.522. The Labute approximate surface area is 348 Å². The molecule has 5 heteroatoms. The fraction of sp³-hybridized carbons (Fsp3) is 0.615. The first kappa shape index (κ1) is 44.8. The van der Waals surface area contributed by atoms with Crippen LogP contribution in [-0.2, 0) is 13.0 Å². The maximum Gasteiger partial charge on any atom is 0.154 e. The molecule has 0 radical (unpaired) electrons. The molecular formula is C52H79N5. The van der Waals surface area contributed by atoms with Gasteiger partial charge in [0.15, 0.2) is 5.84 Å². The number of nitrogens with two attached hydrogens (primary N) is 2. The third-order valence-electron chi connectivity index (χ3n) is 16.5. The summed E-state index contributed by atoms with van der Waals surface area (Å²) in [5.74, 6) is 6.62. The van der Waals surface area contributed by atoms with Crippen molar-refractivity contribution in [1.82, 2.24) is 5.32 Å². The molecule has 2 aromatic rings. The maximum absolute atomic E-state index is 5.70. The summed E-state index contributed by atoms with van der Waals surface area (Å²) in [4.78, 5) is 9.31. The van der Waals surface area contributed by atoms with Gasteiger partial charge in [-0.1, -0.05) is 102 Å². The van der Waals surface area contributed by atoms with Gasteiger partial charge >= 0.3 is 0 Å². The molecule has 0 saturated heterocycles. The lowest BCUT2D eigenvalue weighted by Crippen LogP contribution is -2.62. The molecule has 5 aliphatic carbocycles. The van der Waals surface area contributed by atoms with Crippen LogP contribution in [0.15, 0.2) is 90.4 Å².